The predicted octanol–water partition coefficient (Wildman–Crippen LogP) is 1.01. The first kappa shape index (κ1) is 13.8. The maximum Gasteiger partial charge on any atom is 0.238 e. The van der Waals surface area contributed by atoms with Gasteiger partial charge in [-0.3, -0.25) is 9.69 Å². The van der Waals surface area contributed by atoms with E-state index in [4.69, 9.17) is 4.74 Å². The van der Waals surface area contributed by atoms with Gasteiger partial charge in [0.2, 0.25) is 5.91 Å². The molecule has 19 heavy (non-hydrogen) atoms. The van der Waals surface area contributed by atoms with Crippen LogP contribution in [0.15, 0.2) is 18.2 Å². The Morgan fingerprint density at radius 3 is 3.00 bits per heavy atom. The zero-order valence-electron chi connectivity index (χ0n) is 11.3. The highest BCUT2D eigenvalue weighted by atomic mass is 16.5. The number of aliphatic hydroxyl groups is 1. The number of methoxy groups -OCH3 is 1. The molecule has 0 bridgehead atoms. The lowest BCUT2D eigenvalue weighted by atomic mass is 10.2. The highest BCUT2D eigenvalue weighted by molar-refractivity contribution is 5.93. The molecule has 5 heteroatoms. The average molecular weight is 264 g/mol. The molecule has 0 aliphatic carbocycles. The maximum absolute atomic E-state index is 12.0. The molecule has 5 nitrogen and oxygen atoms in total. The van der Waals surface area contributed by atoms with Crippen LogP contribution in [0.1, 0.15) is 12.0 Å². The number of nitrogens with zero attached hydrogens (tertiary/aromatic N) is 1. The van der Waals surface area contributed by atoms with E-state index >= 15 is 0 Å². The number of carbonyl (C=O) groups is 1. The Balaban J connectivity index is 1.96. The summed E-state index contributed by atoms with van der Waals surface area (Å²) in [6, 6.07) is 5.66. The lowest BCUT2D eigenvalue weighted by Gasteiger charge is -2.16. The molecule has 2 rings (SSSR count). The number of anilines is 1. The third-order valence-electron chi connectivity index (χ3n) is 3.24. The molecule has 1 aromatic rings. The van der Waals surface area contributed by atoms with Gasteiger partial charge >= 0.3 is 0 Å². The van der Waals surface area contributed by atoms with Crippen LogP contribution in [0.5, 0.6) is 5.75 Å². The number of carbonyl (C=O) groups excluding carboxylic acids is 1. The first-order valence-electron chi connectivity index (χ1n) is 6.43. The summed E-state index contributed by atoms with van der Waals surface area (Å²) >= 11 is 0. The van der Waals surface area contributed by atoms with E-state index in [0.29, 0.717) is 24.5 Å². The van der Waals surface area contributed by atoms with E-state index in [1.807, 2.05) is 30.0 Å². The summed E-state index contributed by atoms with van der Waals surface area (Å²) in [5, 5.41) is 12.3. The van der Waals surface area contributed by atoms with Gasteiger partial charge in [-0.15, -0.1) is 0 Å². The number of β-amino-alcohol motifs (C(OH)–C–C–N with tert-alkyl or cyclic N) is 1. The fraction of sp³-hybridized carbons (Fsp3) is 0.500. The summed E-state index contributed by atoms with van der Waals surface area (Å²) in [6.45, 7) is 3.60. The molecule has 0 aromatic heterocycles. The minimum absolute atomic E-state index is 0.0852. The fourth-order valence-electron chi connectivity index (χ4n) is 2.27. The molecule has 1 atom stereocenters. The molecular weight excluding hydrogens is 244 g/mol. The smallest absolute Gasteiger partial charge is 0.238 e. The van der Waals surface area contributed by atoms with E-state index in [1.165, 1.54) is 0 Å². The van der Waals surface area contributed by atoms with Gasteiger partial charge in [-0.05, 0) is 31.0 Å². The SMILES string of the molecule is COc1ccc(C)cc1NC(=O)CN1CCC(O)C1. The molecule has 104 valence electrons. The van der Waals surface area contributed by atoms with Crippen molar-refractivity contribution in [2.75, 3.05) is 32.1 Å². The van der Waals surface area contributed by atoms with Gasteiger partial charge in [0.25, 0.3) is 0 Å². The molecule has 0 radical (unpaired) electrons. The van der Waals surface area contributed by atoms with Crippen LogP contribution in [-0.4, -0.2) is 48.8 Å². The van der Waals surface area contributed by atoms with Crippen LogP contribution in [0.3, 0.4) is 0 Å². The van der Waals surface area contributed by atoms with Gasteiger partial charge < -0.3 is 15.2 Å². The van der Waals surface area contributed by atoms with Crippen LogP contribution in [0.25, 0.3) is 0 Å². The first-order valence-corrected chi connectivity index (χ1v) is 6.43. The number of rotatable bonds is 4. The molecule has 2 N–H and O–H groups in total. The standard InChI is InChI=1S/C14H20N2O3/c1-10-3-4-13(19-2)12(7-10)15-14(18)9-16-6-5-11(17)8-16/h3-4,7,11,17H,5-6,8-9H2,1-2H3,(H,15,18). The molecule has 1 saturated heterocycles. The third-order valence-corrected chi connectivity index (χ3v) is 3.24. The van der Waals surface area contributed by atoms with E-state index in [9.17, 15) is 9.90 Å². The number of aryl methyl sites for hydroxylation is 1. The van der Waals surface area contributed by atoms with Crippen molar-refractivity contribution < 1.29 is 14.6 Å². The summed E-state index contributed by atoms with van der Waals surface area (Å²) in [6.07, 6.45) is 0.433. The van der Waals surface area contributed by atoms with Crippen LogP contribution in [-0.2, 0) is 4.79 Å². The summed E-state index contributed by atoms with van der Waals surface area (Å²) in [5.74, 6) is 0.568. The van der Waals surface area contributed by atoms with E-state index < -0.39 is 0 Å². The van der Waals surface area contributed by atoms with Crippen molar-refractivity contribution in [1.29, 1.82) is 0 Å². The second-order valence-electron chi connectivity index (χ2n) is 4.93. The Morgan fingerprint density at radius 1 is 1.58 bits per heavy atom. The number of likely N-dealkylation sites (tertiary alicyclic amines) is 1. The van der Waals surface area contributed by atoms with Crippen molar-refractivity contribution in [1.82, 2.24) is 4.90 Å². The second kappa shape index (κ2) is 6.04. The van der Waals surface area contributed by atoms with Gasteiger partial charge in [-0.1, -0.05) is 6.07 Å². The normalized spacial score (nSPS) is 19.4. The van der Waals surface area contributed by atoms with Crippen LogP contribution in [0.4, 0.5) is 5.69 Å². The quantitative estimate of drug-likeness (QED) is 0.852. The average Bonchev–Trinajstić information content (AvgIpc) is 2.75. The third kappa shape index (κ3) is 3.68. The number of hydrogen-bond donors (Lipinski definition) is 2. The van der Waals surface area contributed by atoms with Gasteiger partial charge in [0.05, 0.1) is 25.4 Å². The summed E-state index contributed by atoms with van der Waals surface area (Å²) in [7, 11) is 1.58. The monoisotopic (exact) mass is 264 g/mol. The van der Waals surface area contributed by atoms with Crippen molar-refractivity contribution in [2.45, 2.75) is 19.4 Å². The predicted molar refractivity (Wildman–Crippen MR) is 73.4 cm³/mol. The largest absolute Gasteiger partial charge is 0.495 e. The molecule has 0 spiro atoms. The van der Waals surface area contributed by atoms with Gasteiger partial charge in [-0.25, -0.2) is 0 Å². The molecule has 1 heterocycles. The second-order valence-corrected chi connectivity index (χ2v) is 4.93. The van der Waals surface area contributed by atoms with Crippen molar-refractivity contribution in [2.24, 2.45) is 0 Å². The molecule has 0 saturated carbocycles. The first-order chi connectivity index (χ1) is 9.08. The summed E-state index contributed by atoms with van der Waals surface area (Å²) in [5.41, 5.74) is 1.75. The zero-order valence-corrected chi connectivity index (χ0v) is 11.3. The van der Waals surface area contributed by atoms with Crippen LogP contribution in [0, 0.1) is 6.92 Å². The lowest BCUT2D eigenvalue weighted by Crippen LogP contribution is -2.32. The minimum Gasteiger partial charge on any atom is -0.495 e. The van der Waals surface area contributed by atoms with Crippen molar-refractivity contribution in [3.8, 4) is 5.75 Å². The number of nitrogens with one attached hydrogen (secondary N) is 1. The van der Waals surface area contributed by atoms with Gasteiger partial charge in [0.1, 0.15) is 5.75 Å². The van der Waals surface area contributed by atoms with Crippen molar-refractivity contribution in [3.05, 3.63) is 23.8 Å². The van der Waals surface area contributed by atoms with Crippen molar-refractivity contribution in [3.63, 3.8) is 0 Å². The number of benzene rings is 1. The Bertz CT molecular complexity index is 462. The molecular formula is C14H20N2O3. The summed E-state index contributed by atoms with van der Waals surface area (Å²) < 4.78 is 5.22. The maximum atomic E-state index is 12.0. The molecule has 1 aromatic carbocycles. The minimum atomic E-state index is -0.304. The fourth-order valence-corrected chi connectivity index (χ4v) is 2.27. The number of amides is 1. The molecule has 1 aliphatic rings. The molecule has 1 unspecified atom stereocenters. The van der Waals surface area contributed by atoms with Gasteiger partial charge in [-0.2, -0.15) is 0 Å². The lowest BCUT2D eigenvalue weighted by molar-refractivity contribution is -0.117. The highest BCUT2D eigenvalue weighted by Crippen LogP contribution is 2.25. The Labute approximate surface area is 113 Å². The van der Waals surface area contributed by atoms with Crippen LogP contribution >= 0.6 is 0 Å². The Kier molecular flexibility index (Phi) is 4.39. The molecule has 1 fully saturated rings. The van der Waals surface area contributed by atoms with Crippen LogP contribution in [0.2, 0.25) is 0 Å². The Morgan fingerprint density at radius 2 is 2.37 bits per heavy atom. The number of aliphatic hydroxyl groups excluding tert-OH is 1. The molecule has 1 aliphatic heterocycles. The number of hydrogen-bond acceptors (Lipinski definition) is 4. The Hall–Kier alpha value is -1.59. The van der Waals surface area contributed by atoms with E-state index in [-0.39, 0.29) is 12.0 Å². The van der Waals surface area contributed by atoms with Gasteiger partial charge in [0.15, 0.2) is 0 Å². The van der Waals surface area contributed by atoms with E-state index in [0.717, 1.165) is 18.5 Å². The van der Waals surface area contributed by atoms with E-state index in [1.54, 1.807) is 7.11 Å². The summed E-state index contributed by atoms with van der Waals surface area (Å²) in [4.78, 5) is 13.9. The van der Waals surface area contributed by atoms with Crippen LogP contribution < -0.4 is 10.1 Å². The number of ether oxygens (including phenoxy) is 1. The van der Waals surface area contributed by atoms with Gasteiger partial charge in [0, 0.05) is 13.1 Å². The van der Waals surface area contributed by atoms with Crippen molar-refractivity contribution >= 4 is 11.6 Å². The zero-order chi connectivity index (χ0) is 13.8. The molecule has 1 amide bonds. The topological polar surface area (TPSA) is 61.8 Å². The van der Waals surface area contributed by atoms with E-state index in [2.05, 4.69) is 5.32 Å². The highest BCUT2D eigenvalue weighted by Gasteiger charge is 2.22.